The maximum atomic E-state index is 13.7. The Morgan fingerprint density at radius 3 is 2.52 bits per heavy atom. The van der Waals surface area contributed by atoms with Crippen molar-refractivity contribution in [1.29, 1.82) is 0 Å². The minimum Gasteiger partial charge on any atom is -0.338 e. The van der Waals surface area contributed by atoms with E-state index in [0.29, 0.717) is 13.1 Å². The smallest absolute Gasteiger partial charge is 0.254 e. The lowest BCUT2D eigenvalue weighted by Crippen LogP contribution is -2.39. The lowest BCUT2D eigenvalue weighted by molar-refractivity contribution is 0.0694. The fourth-order valence-electron chi connectivity index (χ4n) is 4.20. The molecular weight excluding hydrogens is 341 g/mol. The van der Waals surface area contributed by atoms with Crippen LogP contribution in [0, 0.1) is 26.6 Å². The Hall–Kier alpha value is -2.69. The molecule has 1 aliphatic rings. The second-order valence-electron chi connectivity index (χ2n) is 7.50. The largest absolute Gasteiger partial charge is 0.338 e. The number of benzene rings is 2. The van der Waals surface area contributed by atoms with Gasteiger partial charge in [-0.1, -0.05) is 17.7 Å². The molecule has 2 aromatic carbocycles. The Morgan fingerprint density at radius 1 is 1.07 bits per heavy atom. The van der Waals surface area contributed by atoms with Crippen LogP contribution in [0.4, 0.5) is 4.39 Å². The van der Waals surface area contributed by atoms with E-state index in [0.717, 1.165) is 46.4 Å². The Balaban J connectivity index is 1.53. The van der Waals surface area contributed by atoms with Crippen molar-refractivity contribution in [1.82, 2.24) is 14.5 Å². The van der Waals surface area contributed by atoms with Gasteiger partial charge in [-0.25, -0.2) is 9.37 Å². The predicted molar refractivity (Wildman–Crippen MR) is 105 cm³/mol. The van der Waals surface area contributed by atoms with Gasteiger partial charge in [-0.15, -0.1) is 0 Å². The molecule has 0 atom stereocenters. The number of amides is 1. The number of aryl methyl sites for hydroxylation is 3. The molecule has 0 aliphatic carbocycles. The van der Waals surface area contributed by atoms with E-state index >= 15 is 0 Å². The number of fused-ring (bicyclic) bond motifs is 1. The standard InChI is InChI=1S/C22H24FN3O/c1-14-4-6-19(15(2)12-14)22(27)25-10-8-18(9-11-25)26-16(3)24-20-7-5-17(23)13-21(20)26/h4-7,12-13,18H,8-11H2,1-3H3. The maximum Gasteiger partial charge on any atom is 0.254 e. The molecule has 0 bridgehead atoms. The molecule has 3 aromatic rings. The van der Waals surface area contributed by atoms with Crippen molar-refractivity contribution in [2.45, 2.75) is 39.7 Å². The average Bonchev–Trinajstić information content (AvgIpc) is 2.96. The van der Waals surface area contributed by atoms with E-state index in [1.54, 1.807) is 12.1 Å². The van der Waals surface area contributed by atoms with Crippen LogP contribution in [0.5, 0.6) is 0 Å². The van der Waals surface area contributed by atoms with E-state index in [1.807, 2.05) is 37.8 Å². The molecule has 1 saturated heterocycles. The molecule has 1 fully saturated rings. The van der Waals surface area contributed by atoms with Crippen LogP contribution in [0.15, 0.2) is 36.4 Å². The number of aromatic nitrogens is 2. The van der Waals surface area contributed by atoms with Crippen LogP contribution in [0.1, 0.15) is 46.2 Å². The summed E-state index contributed by atoms with van der Waals surface area (Å²) in [4.78, 5) is 19.4. The number of rotatable bonds is 2. The molecule has 1 aromatic heterocycles. The van der Waals surface area contributed by atoms with Gasteiger partial charge >= 0.3 is 0 Å². The Kier molecular flexibility index (Phi) is 4.46. The molecule has 27 heavy (non-hydrogen) atoms. The number of likely N-dealkylation sites (tertiary alicyclic amines) is 1. The monoisotopic (exact) mass is 365 g/mol. The number of piperidine rings is 1. The van der Waals surface area contributed by atoms with Crippen molar-refractivity contribution < 1.29 is 9.18 Å². The number of hydrogen-bond donors (Lipinski definition) is 0. The number of nitrogens with zero attached hydrogens (tertiary/aromatic N) is 3. The van der Waals surface area contributed by atoms with Crippen LogP contribution in [-0.2, 0) is 0 Å². The van der Waals surface area contributed by atoms with Crippen molar-refractivity contribution >= 4 is 16.9 Å². The van der Waals surface area contributed by atoms with Crippen LogP contribution in [-0.4, -0.2) is 33.4 Å². The molecule has 0 N–H and O–H groups in total. The van der Waals surface area contributed by atoms with Gasteiger partial charge in [-0.05, 0) is 63.4 Å². The third kappa shape index (κ3) is 3.22. The molecule has 2 heterocycles. The number of imidazole rings is 1. The quantitative estimate of drug-likeness (QED) is 0.667. The molecule has 4 rings (SSSR count). The summed E-state index contributed by atoms with van der Waals surface area (Å²) in [5.74, 6) is 0.755. The summed E-state index contributed by atoms with van der Waals surface area (Å²) >= 11 is 0. The van der Waals surface area contributed by atoms with Crippen molar-refractivity contribution in [2.75, 3.05) is 13.1 Å². The molecule has 140 valence electrons. The highest BCUT2D eigenvalue weighted by Crippen LogP contribution is 2.30. The van der Waals surface area contributed by atoms with Crippen molar-refractivity contribution in [3.8, 4) is 0 Å². The molecule has 0 spiro atoms. The highest BCUT2D eigenvalue weighted by molar-refractivity contribution is 5.95. The Labute approximate surface area is 158 Å². The first-order chi connectivity index (χ1) is 12.9. The summed E-state index contributed by atoms with van der Waals surface area (Å²) < 4.78 is 15.9. The fourth-order valence-corrected chi connectivity index (χ4v) is 4.20. The van der Waals surface area contributed by atoms with Gasteiger partial charge in [0, 0.05) is 24.7 Å². The molecule has 0 unspecified atom stereocenters. The molecule has 1 aliphatic heterocycles. The van der Waals surface area contributed by atoms with E-state index in [-0.39, 0.29) is 17.8 Å². The first-order valence-electron chi connectivity index (χ1n) is 9.44. The first-order valence-corrected chi connectivity index (χ1v) is 9.44. The van der Waals surface area contributed by atoms with E-state index in [4.69, 9.17) is 0 Å². The first kappa shape index (κ1) is 17.7. The molecule has 0 radical (unpaired) electrons. The van der Waals surface area contributed by atoms with Gasteiger partial charge in [0.1, 0.15) is 11.6 Å². The summed E-state index contributed by atoms with van der Waals surface area (Å²) in [6, 6.07) is 10.9. The van der Waals surface area contributed by atoms with Crippen LogP contribution in [0.3, 0.4) is 0 Å². The van der Waals surface area contributed by atoms with Gasteiger partial charge in [-0.2, -0.15) is 0 Å². The normalized spacial score (nSPS) is 15.5. The van der Waals surface area contributed by atoms with Crippen LogP contribution >= 0.6 is 0 Å². The van der Waals surface area contributed by atoms with Gasteiger partial charge in [-0.3, -0.25) is 4.79 Å². The lowest BCUT2D eigenvalue weighted by Gasteiger charge is -2.33. The SMILES string of the molecule is Cc1ccc(C(=O)N2CCC(n3c(C)nc4ccc(F)cc43)CC2)c(C)c1. The highest BCUT2D eigenvalue weighted by Gasteiger charge is 2.27. The minimum absolute atomic E-state index is 0.101. The van der Waals surface area contributed by atoms with E-state index < -0.39 is 0 Å². The van der Waals surface area contributed by atoms with Crippen LogP contribution in [0.25, 0.3) is 11.0 Å². The summed E-state index contributed by atoms with van der Waals surface area (Å²) in [7, 11) is 0. The zero-order chi connectivity index (χ0) is 19.1. The summed E-state index contributed by atoms with van der Waals surface area (Å²) in [6.07, 6.45) is 1.69. The predicted octanol–water partition coefficient (Wildman–Crippen LogP) is 4.58. The van der Waals surface area contributed by atoms with Crippen LogP contribution < -0.4 is 0 Å². The molecule has 1 amide bonds. The van der Waals surface area contributed by atoms with Gasteiger partial charge in [0.25, 0.3) is 5.91 Å². The summed E-state index contributed by atoms with van der Waals surface area (Å²) in [5.41, 5.74) is 4.63. The van der Waals surface area contributed by atoms with Gasteiger partial charge < -0.3 is 9.47 Å². The Bertz CT molecular complexity index is 1020. The van der Waals surface area contributed by atoms with Gasteiger partial charge in [0.2, 0.25) is 0 Å². The number of halogens is 1. The van der Waals surface area contributed by atoms with Gasteiger partial charge in [0.15, 0.2) is 0 Å². The van der Waals surface area contributed by atoms with Gasteiger partial charge in [0.05, 0.1) is 11.0 Å². The van der Waals surface area contributed by atoms with Crippen molar-refractivity contribution in [3.63, 3.8) is 0 Å². The fraction of sp³-hybridized carbons (Fsp3) is 0.364. The topological polar surface area (TPSA) is 38.1 Å². The molecule has 0 saturated carbocycles. The lowest BCUT2D eigenvalue weighted by atomic mass is 10.0. The van der Waals surface area contributed by atoms with E-state index in [2.05, 4.69) is 15.6 Å². The zero-order valence-corrected chi connectivity index (χ0v) is 16.0. The third-order valence-corrected chi connectivity index (χ3v) is 5.56. The van der Waals surface area contributed by atoms with Crippen molar-refractivity contribution in [2.24, 2.45) is 0 Å². The summed E-state index contributed by atoms with van der Waals surface area (Å²) in [5, 5.41) is 0. The summed E-state index contributed by atoms with van der Waals surface area (Å²) in [6.45, 7) is 7.39. The molecule has 5 heteroatoms. The third-order valence-electron chi connectivity index (χ3n) is 5.56. The zero-order valence-electron chi connectivity index (χ0n) is 16.0. The molecule has 4 nitrogen and oxygen atoms in total. The average molecular weight is 365 g/mol. The van der Waals surface area contributed by atoms with E-state index in [1.165, 1.54) is 6.07 Å². The second kappa shape index (κ2) is 6.80. The Morgan fingerprint density at radius 2 is 1.81 bits per heavy atom. The minimum atomic E-state index is -0.244. The van der Waals surface area contributed by atoms with Crippen molar-refractivity contribution in [3.05, 3.63) is 64.7 Å². The molecular formula is C22H24FN3O. The second-order valence-corrected chi connectivity index (χ2v) is 7.50. The number of carbonyl (C=O) groups is 1. The number of hydrogen-bond acceptors (Lipinski definition) is 2. The highest BCUT2D eigenvalue weighted by atomic mass is 19.1. The number of carbonyl (C=O) groups excluding carboxylic acids is 1. The van der Waals surface area contributed by atoms with Crippen LogP contribution in [0.2, 0.25) is 0 Å². The van der Waals surface area contributed by atoms with E-state index in [9.17, 15) is 9.18 Å². The maximum absolute atomic E-state index is 13.7.